The zero-order chi connectivity index (χ0) is 12.3. The number of anilines is 1. The van der Waals surface area contributed by atoms with Gasteiger partial charge in [0.15, 0.2) is 0 Å². The van der Waals surface area contributed by atoms with Crippen molar-refractivity contribution in [1.82, 2.24) is 0 Å². The number of carbonyl (C=O) groups is 1. The van der Waals surface area contributed by atoms with E-state index in [1.807, 2.05) is 6.07 Å². The first-order valence-electron chi connectivity index (χ1n) is 5.92. The number of benzene rings is 1. The Kier molecular flexibility index (Phi) is 3.61. The third-order valence-corrected chi connectivity index (χ3v) is 3.12. The van der Waals surface area contributed by atoms with Gasteiger partial charge >= 0.3 is 5.97 Å². The lowest BCUT2D eigenvalue weighted by atomic mass is 10.0. The van der Waals surface area contributed by atoms with Gasteiger partial charge in [-0.1, -0.05) is 6.07 Å². The summed E-state index contributed by atoms with van der Waals surface area (Å²) in [6.07, 6.45) is 3.12. The summed E-state index contributed by atoms with van der Waals surface area (Å²) in [6.45, 7) is 1.77. The Balaban J connectivity index is 2.30. The average Bonchev–Trinajstić information content (AvgIpc) is 2.32. The summed E-state index contributed by atoms with van der Waals surface area (Å²) in [7, 11) is 0. The number of carboxylic acid groups (broad SMARTS) is 1. The van der Waals surface area contributed by atoms with Crippen LogP contribution in [-0.4, -0.2) is 24.2 Å². The first-order valence-corrected chi connectivity index (χ1v) is 5.92. The molecule has 0 unspecified atom stereocenters. The molecule has 17 heavy (non-hydrogen) atoms. The van der Waals surface area contributed by atoms with Crippen LogP contribution in [-0.2, 0) is 11.2 Å². The monoisotopic (exact) mass is 237 g/mol. The van der Waals surface area contributed by atoms with Crippen molar-refractivity contribution in [3.8, 4) is 0 Å². The van der Waals surface area contributed by atoms with Gasteiger partial charge in [0.1, 0.15) is 5.82 Å². The van der Waals surface area contributed by atoms with Gasteiger partial charge in [-0.25, -0.2) is 4.39 Å². The van der Waals surface area contributed by atoms with Gasteiger partial charge in [0.2, 0.25) is 0 Å². The molecule has 1 aromatic carbocycles. The van der Waals surface area contributed by atoms with Crippen LogP contribution in [0, 0.1) is 5.82 Å². The van der Waals surface area contributed by atoms with Crippen molar-refractivity contribution < 1.29 is 14.3 Å². The van der Waals surface area contributed by atoms with Crippen LogP contribution in [0.25, 0.3) is 0 Å². The predicted octanol–water partition coefficient (Wildman–Crippen LogP) is 2.44. The summed E-state index contributed by atoms with van der Waals surface area (Å²) in [6, 6.07) is 4.78. The average molecular weight is 237 g/mol. The van der Waals surface area contributed by atoms with Crippen LogP contribution in [0.1, 0.15) is 24.8 Å². The lowest BCUT2D eigenvalue weighted by Gasteiger charge is -2.30. The van der Waals surface area contributed by atoms with E-state index < -0.39 is 11.8 Å². The molecular formula is C13H16FNO2. The van der Waals surface area contributed by atoms with Crippen molar-refractivity contribution in [2.45, 2.75) is 25.7 Å². The third kappa shape index (κ3) is 2.75. The Morgan fingerprint density at radius 3 is 2.65 bits per heavy atom. The number of rotatable bonds is 3. The van der Waals surface area contributed by atoms with E-state index in [4.69, 9.17) is 5.11 Å². The normalized spacial score (nSPS) is 15.9. The van der Waals surface area contributed by atoms with E-state index in [9.17, 15) is 9.18 Å². The molecule has 0 aliphatic carbocycles. The molecule has 0 bridgehead atoms. The van der Waals surface area contributed by atoms with E-state index in [2.05, 4.69) is 4.90 Å². The first-order chi connectivity index (χ1) is 8.18. The summed E-state index contributed by atoms with van der Waals surface area (Å²) >= 11 is 0. The van der Waals surface area contributed by atoms with Crippen molar-refractivity contribution in [2.24, 2.45) is 0 Å². The number of hydrogen-bond acceptors (Lipinski definition) is 2. The zero-order valence-corrected chi connectivity index (χ0v) is 9.66. The minimum absolute atomic E-state index is 0.251. The van der Waals surface area contributed by atoms with E-state index in [1.165, 1.54) is 12.5 Å². The maximum atomic E-state index is 13.7. The fraction of sp³-hybridized carbons (Fsp3) is 0.462. The molecule has 1 aliphatic heterocycles. The molecule has 92 valence electrons. The molecule has 2 rings (SSSR count). The molecule has 1 aliphatic rings. The van der Waals surface area contributed by atoms with Crippen LogP contribution in [0.4, 0.5) is 10.1 Å². The van der Waals surface area contributed by atoms with Crippen molar-refractivity contribution in [1.29, 1.82) is 0 Å². The van der Waals surface area contributed by atoms with Gasteiger partial charge in [0.25, 0.3) is 0 Å². The van der Waals surface area contributed by atoms with E-state index in [1.54, 1.807) is 6.07 Å². The van der Waals surface area contributed by atoms with E-state index in [0.29, 0.717) is 5.56 Å². The van der Waals surface area contributed by atoms with E-state index >= 15 is 0 Å². The van der Waals surface area contributed by atoms with Gasteiger partial charge in [0.05, 0.1) is 6.42 Å². The van der Waals surface area contributed by atoms with Gasteiger partial charge < -0.3 is 10.0 Å². The SMILES string of the molecule is O=C(O)Cc1c(F)cccc1N1CCCCC1. The second-order valence-corrected chi connectivity index (χ2v) is 4.36. The summed E-state index contributed by atoms with van der Waals surface area (Å²) in [5, 5.41) is 8.83. The number of hydrogen-bond donors (Lipinski definition) is 1. The van der Waals surface area contributed by atoms with Crippen molar-refractivity contribution in [2.75, 3.05) is 18.0 Å². The van der Waals surface area contributed by atoms with Crippen LogP contribution in [0.3, 0.4) is 0 Å². The molecule has 1 aromatic rings. The van der Waals surface area contributed by atoms with Gasteiger partial charge in [-0.3, -0.25) is 4.79 Å². The molecule has 0 amide bonds. The third-order valence-electron chi connectivity index (χ3n) is 3.12. The standard InChI is InChI=1S/C13H16FNO2/c14-11-5-4-6-12(10(11)9-13(16)17)15-7-2-1-3-8-15/h4-6H,1-3,7-9H2,(H,16,17). The lowest BCUT2D eigenvalue weighted by Crippen LogP contribution is -2.30. The van der Waals surface area contributed by atoms with Gasteiger partial charge in [0, 0.05) is 24.3 Å². The quantitative estimate of drug-likeness (QED) is 0.877. The second kappa shape index (κ2) is 5.17. The Morgan fingerprint density at radius 2 is 2.00 bits per heavy atom. The lowest BCUT2D eigenvalue weighted by molar-refractivity contribution is -0.136. The number of halogens is 1. The molecule has 0 saturated carbocycles. The number of piperidine rings is 1. The summed E-state index contributed by atoms with van der Waals surface area (Å²) in [5.41, 5.74) is 1.05. The van der Waals surface area contributed by atoms with E-state index in [0.717, 1.165) is 31.6 Å². The second-order valence-electron chi connectivity index (χ2n) is 4.36. The molecule has 0 radical (unpaired) electrons. The number of aliphatic carboxylic acids is 1. The first kappa shape index (κ1) is 11.9. The molecular weight excluding hydrogens is 221 g/mol. The van der Waals surface area contributed by atoms with Crippen LogP contribution in [0.2, 0.25) is 0 Å². The maximum absolute atomic E-state index is 13.7. The minimum atomic E-state index is -0.992. The highest BCUT2D eigenvalue weighted by molar-refractivity contribution is 5.73. The molecule has 1 fully saturated rings. The maximum Gasteiger partial charge on any atom is 0.308 e. The Morgan fingerprint density at radius 1 is 1.29 bits per heavy atom. The van der Waals surface area contributed by atoms with Gasteiger partial charge in [-0.05, 0) is 31.4 Å². The highest BCUT2D eigenvalue weighted by Crippen LogP contribution is 2.26. The molecule has 0 aromatic heterocycles. The van der Waals surface area contributed by atoms with Crippen LogP contribution in [0.5, 0.6) is 0 Å². The predicted molar refractivity (Wildman–Crippen MR) is 63.8 cm³/mol. The topological polar surface area (TPSA) is 40.5 Å². The fourth-order valence-electron chi connectivity index (χ4n) is 2.30. The molecule has 4 heteroatoms. The Labute approximate surface area is 99.9 Å². The molecule has 1 heterocycles. The Bertz CT molecular complexity index is 414. The zero-order valence-electron chi connectivity index (χ0n) is 9.66. The number of carboxylic acids is 1. The summed E-state index contributed by atoms with van der Waals surface area (Å²) in [4.78, 5) is 12.9. The molecule has 1 N–H and O–H groups in total. The highest BCUT2D eigenvalue weighted by atomic mass is 19.1. The fourth-order valence-corrected chi connectivity index (χ4v) is 2.30. The largest absolute Gasteiger partial charge is 0.481 e. The van der Waals surface area contributed by atoms with Crippen molar-refractivity contribution in [3.63, 3.8) is 0 Å². The van der Waals surface area contributed by atoms with Crippen LogP contribution in [0.15, 0.2) is 18.2 Å². The summed E-state index contributed by atoms with van der Waals surface area (Å²) in [5.74, 6) is -1.41. The summed E-state index contributed by atoms with van der Waals surface area (Å²) < 4.78 is 13.7. The highest BCUT2D eigenvalue weighted by Gasteiger charge is 2.18. The van der Waals surface area contributed by atoms with Crippen LogP contribution >= 0.6 is 0 Å². The van der Waals surface area contributed by atoms with Gasteiger partial charge in [-0.15, -0.1) is 0 Å². The van der Waals surface area contributed by atoms with Gasteiger partial charge in [-0.2, -0.15) is 0 Å². The van der Waals surface area contributed by atoms with Crippen molar-refractivity contribution in [3.05, 3.63) is 29.6 Å². The molecule has 0 atom stereocenters. The number of nitrogens with zero attached hydrogens (tertiary/aromatic N) is 1. The van der Waals surface area contributed by atoms with Crippen molar-refractivity contribution >= 4 is 11.7 Å². The molecule has 3 nitrogen and oxygen atoms in total. The van der Waals surface area contributed by atoms with E-state index in [-0.39, 0.29) is 6.42 Å². The smallest absolute Gasteiger partial charge is 0.308 e. The molecule has 1 saturated heterocycles. The Hall–Kier alpha value is -1.58. The minimum Gasteiger partial charge on any atom is -0.481 e. The molecule has 0 spiro atoms. The van der Waals surface area contributed by atoms with Crippen LogP contribution < -0.4 is 4.90 Å².